The van der Waals surface area contributed by atoms with Crippen molar-refractivity contribution < 1.29 is 14.5 Å². The van der Waals surface area contributed by atoms with Crippen LogP contribution >= 0.6 is 11.8 Å². The van der Waals surface area contributed by atoms with Crippen LogP contribution in [0, 0.1) is 10.1 Å². The number of anilines is 1. The van der Waals surface area contributed by atoms with Crippen molar-refractivity contribution in [3.05, 3.63) is 40.8 Å². The van der Waals surface area contributed by atoms with Crippen molar-refractivity contribution >= 4 is 40.1 Å². The molecule has 140 valence electrons. The number of nitro benzene ring substituents is 1. The summed E-state index contributed by atoms with van der Waals surface area (Å²) in [6.07, 6.45) is 3.06. The largest absolute Gasteiger partial charge is 0.495 e. The molecule has 27 heavy (non-hydrogen) atoms. The van der Waals surface area contributed by atoms with Crippen molar-refractivity contribution in [3.63, 3.8) is 0 Å². The summed E-state index contributed by atoms with van der Waals surface area (Å²) in [7, 11) is 3.20. The minimum atomic E-state index is -0.534. The molecular formula is C16H16N6O4S. The van der Waals surface area contributed by atoms with Crippen molar-refractivity contribution in [2.45, 2.75) is 17.2 Å². The van der Waals surface area contributed by atoms with Crippen LogP contribution in [0.4, 0.5) is 11.4 Å². The summed E-state index contributed by atoms with van der Waals surface area (Å²) in [5.74, 6) is -0.00251. The zero-order valence-electron chi connectivity index (χ0n) is 14.7. The minimum Gasteiger partial charge on any atom is -0.495 e. The van der Waals surface area contributed by atoms with Gasteiger partial charge in [-0.15, -0.1) is 0 Å². The first kappa shape index (κ1) is 18.6. The maximum absolute atomic E-state index is 12.6. The second kappa shape index (κ2) is 7.58. The molecule has 0 aliphatic carbocycles. The molecule has 1 N–H and O–H groups in total. The molecule has 0 radical (unpaired) electrons. The second-order valence-corrected chi connectivity index (χ2v) is 6.90. The quantitative estimate of drug-likeness (QED) is 0.295. The number of nitrogens with zero attached hydrogens (tertiary/aromatic N) is 5. The lowest BCUT2D eigenvalue weighted by Gasteiger charge is -2.14. The maximum Gasteiger partial charge on any atom is 0.271 e. The zero-order valence-corrected chi connectivity index (χ0v) is 15.6. The Morgan fingerprint density at radius 2 is 2.19 bits per heavy atom. The first-order valence-corrected chi connectivity index (χ1v) is 8.71. The van der Waals surface area contributed by atoms with E-state index in [0.29, 0.717) is 16.4 Å². The van der Waals surface area contributed by atoms with Crippen molar-refractivity contribution in [2.75, 3.05) is 12.4 Å². The third-order valence-electron chi connectivity index (χ3n) is 3.80. The number of aryl methyl sites for hydroxylation is 1. The lowest BCUT2D eigenvalue weighted by Crippen LogP contribution is -2.23. The highest BCUT2D eigenvalue weighted by Gasteiger charge is 2.20. The fourth-order valence-corrected chi connectivity index (χ4v) is 3.28. The van der Waals surface area contributed by atoms with E-state index in [2.05, 4.69) is 20.4 Å². The van der Waals surface area contributed by atoms with Crippen molar-refractivity contribution in [1.82, 2.24) is 19.7 Å². The number of non-ortho nitro benzene ring substituents is 1. The van der Waals surface area contributed by atoms with Crippen LogP contribution in [-0.4, -0.2) is 42.9 Å². The molecule has 0 fully saturated rings. The molecule has 2 heterocycles. The number of nitro groups is 1. The average molecular weight is 388 g/mol. The number of carbonyl (C=O) groups excluding carboxylic acids is 1. The van der Waals surface area contributed by atoms with Crippen LogP contribution in [0.5, 0.6) is 5.75 Å². The molecule has 0 spiro atoms. The molecule has 1 aromatic carbocycles. The van der Waals surface area contributed by atoms with Gasteiger partial charge in [0.05, 0.1) is 34.6 Å². The van der Waals surface area contributed by atoms with Gasteiger partial charge >= 0.3 is 0 Å². The molecule has 10 nitrogen and oxygen atoms in total. The number of ether oxygens (including phenoxy) is 1. The van der Waals surface area contributed by atoms with Gasteiger partial charge in [0.2, 0.25) is 5.91 Å². The number of nitrogens with one attached hydrogen (secondary N) is 1. The number of hydrogen-bond donors (Lipinski definition) is 1. The van der Waals surface area contributed by atoms with E-state index in [9.17, 15) is 14.9 Å². The van der Waals surface area contributed by atoms with E-state index in [1.807, 2.05) is 0 Å². The highest BCUT2D eigenvalue weighted by atomic mass is 32.2. The Balaban J connectivity index is 1.80. The van der Waals surface area contributed by atoms with Crippen LogP contribution in [0.3, 0.4) is 0 Å². The van der Waals surface area contributed by atoms with E-state index < -0.39 is 10.2 Å². The van der Waals surface area contributed by atoms with Crippen LogP contribution in [0.2, 0.25) is 0 Å². The summed E-state index contributed by atoms with van der Waals surface area (Å²) in [6, 6.07) is 4.01. The topological polar surface area (TPSA) is 125 Å². The monoisotopic (exact) mass is 388 g/mol. The summed E-state index contributed by atoms with van der Waals surface area (Å²) >= 11 is 1.25. The fourth-order valence-electron chi connectivity index (χ4n) is 2.40. The minimum absolute atomic E-state index is 0.140. The molecule has 0 bridgehead atoms. The second-order valence-electron chi connectivity index (χ2n) is 5.58. The summed E-state index contributed by atoms with van der Waals surface area (Å²) < 4.78 is 6.79. The van der Waals surface area contributed by atoms with Crippen LogP contribution < -0.4 is 10.1 Å². The Morgan fingerprint density at radius 3 is 2.89 bits per heavy atom. The molecule has 0 aliphatic heterocycles. The molecule has 0 saturated carbocycles. The van der Waals surface area contributed by atoms with E-state index in [1.54, 1.807) is 24.9 Å². The molecule has 1 amide bonds. The molecular weight excluding hydrogens is 372 g/mol. The van der Waals surface area contributed by atoms with Crippen molar-refractivity contribution in [1.29, 1.82) is 0 Å². The van der Waals surface area contributed by atoms with Gasteiger partial charge in [-0.25, -0.2) is 9.97 Å². The molecule has 11 heteroatoms. The Kier molecular flexibility index (Phi) is 5.21. The zero-order chi connectivity index (χ0) is 19.6. The highest BCUT2D eigenvalue weighted by molar-refractivity contribution is 8.00. The van der Waals surface area contributed by atoms with Gasteiger partial charge in [-0.1, -0.05) is 11.8 Å². The molecule has 0 saturated heterocycles. The molecule has 0 aliphatic rings. The predicted octanol–water partition coefficient (Wildman–Crippen LogP) is 2.40. The van der Waals surface area contributed by atoms with Gasteiger partial charge in [-0.3, -0.25) is 19.6 Å². The first-order chi connectivity index (χ1) is 12.9. The fraction of sp³-hybridized carbons (Fsp3) is 0.250. The van der Waals surface area contributed by atoms with Crippen molar-refractivity contribution in [3.8, 4) is 5.75 Å². The summed E-state index contributed by atoms with van der Waals surface area (Å²) in [5.41, 5.74) is 0.762. The highest BCUT2D eigenvalue weighted by Crippen LogP contribution is 2.31. The number of carbonyl (C=O) groups is 1. The predicted molar refractivity (Wildman–Crippen MR) is 99.9 cm³/mol. The summed E-state index contributed by atoms with van der Waals surface area (Å²) in [6.45, 7) is 1.72. The van der Waals surface area contributed by atoms with Gasteiger partial charge in [0.15, 0.2) is 5.65 Å². The number of benzene rings is 1. The molecule has 3 rings (SSSR count). The number of amides is 1. The third-order valence-corrected chi connectivity index (χ3v) is 4.92. The van der Waals surface area contributed by atoms with E-state index in [-0.39, 0.29) is 17.3 Å². The lowest BCUT2D eigenvalue weighted by atomic mass is 10.2. The van der Waals surface area contributed by atoms with Gasteiger partial charge in [-0.05, 0) is 13.0 Å². The van der Waals surface area contributed by atoms with Gasteiger partial charge < -0.3 is 10.1 Å². The number of fused-ring (bicyclic) bond motifs is 1. The van der Waals surface area contributed by atoms with Gasteiger partial charge in [0.1, 0.15) is 17.1 Å². The normalized spacial score (nSPS) is 12.0. The Hall–Kier alpha value is -3.21. The summed E-state index contributed by atoms with van der Waals surface area (Å²) in [5, 5.41) is 18.6. The Labute approximate surface area is 158 Å². The number of rotatable bonds is 6. The van der Waals surface area contributed by atoms with Crippen LogP contribution in [0.15, 0.2) is 35.7 Å². The average Bonchev–Trinajstić information content (AvgIpc) is 3.03. The lowest BCUT2D eigenvalue weighted by molar-refractivity contribution is -0.384. The first-order valence-electron chi connectivity index (χ1n) is 7.83. The van der Waals surface area contributed by atoms with Gasteiger partial charge in [0.25, 0.3) is 5.69 Å². The number of hydrogen-bond acceptors (Lipinski definition) is 8. The molecule has 1 unspecified atom stereocenters. The Morgan fingerprint density at radius 1 is 1.41 bits per heavy atom. The standard InChI is InChI=1S/C16H16N6O4S/c1-9(27-16-11-7-19-21(2)14(11)17-8-18-16)15(23)20-12-6-10(22(24)25)4-5-13(12)26-3/h4-9H,1-3H3,(H,20,23). The van der Waals surface area contributed by atoms with Gasteiger partial charge in [-0.2, -0.15) is 5.10 Å². The number of methoxy groups -OCH3 is 1. The third kappa shape index (κ3) is 3.82. The smallest absolute Gasteiger partial charge is 0.271 e. The molecule has 1 atom stereocenters. The van der Waals surface area contributed by atoms with E-state index in [1.165, 1.54) is 43.4 Å². The number of thioether (sulfide) groups is 1. The molecule has 3 aromatic rings. The van der Waals surface area contributed by atoms with Gasteiger partial charge in [0, 0.05) is 19.2 Å². The van der Waals surface area contributed by atoms with Crippen LogP contribution in [-0.2, 0) is 11.8 Å². The maximum atomic E-state index is 12.6. The molecule has 2 aromatic heterocycles. The van der Waals surface area contributed by atoms with Crippen molar-refractivity contribution in [2.24, 2.45) is 7.05 Å². The number of aromatic nitrogens is 4. The Bertz CT molecular complexity index is 1020. The van der Waals surface area contributed by atoms with Crippen LogP contribution in [0.1, 0.15) is 6.92 Å². The summed E-state index contributed by atoms with van der Waals surface area (Å²) in [4.78, 5) is 31.4. The SMILES string of the molecule is COc1ccc([N+](=O)[O-])cc1NC(=O)C(C)Sc1ncnc2c1cnn2C. The van der Waals surface area contributed by atoms with E-state index in [0.717, 1.165) is 5.39 Å². The van der Waals surface area contributed by atoms with Crippen LogP contribution in [0.25, 0.3) is 11.0 Å². The van der Waals surface area contributed by atoms with E-state index >= 15 is 0 Å². The van der Waals surface area contributed by atoms with E-state index in [4.69, 9.17) is 4.74 Å².